The average Bonchev–Trinajstić information content (AvgIpc) is 2.74. The number of aryl methyl sites for hydroxylation is 2. The molecule has 0 saturated carbocycles. The molecule has 4 amide bonds. The fourth-order valence-corrected chi connectivity index (χ4v) is 3.53. The Balaban J connectivity index is 1.61. The highest BCUT2D eigenvalue weighted by atomic mass is 16.5. The zero-order valence-corrected chi connectivity index (χ0v) is 17.0. The molecule has 4 rings (SSSR count). The van der Waals surface area contributed by atoms with Crippen LogP contribution in [-0.2, 0) is 14.3 Å². The van der Waals surface area contributed by atoms with Crippen LogP contribution >= 0.6 is 0 Å². The summed E-state index contributed by atoms with van der Waals surface area (Å²) < 4.78 is 5.37. The molecule has 2 aliphatic rings. The second-order valence-corrected chi connectivity index (χ2v) is 7.42. The number of carbonyl (C=O) groups excluding carboxylic acids is 3. The molecule has 7 heteroatoms. The zero-order chi connectivity index (χ0) is 21.3. The van der Waals surface area contributed by atoms with E-state index < -0.39 is 17.8 Å². The highest BCUT2D eigenvalue weighted by Crippen LogP contribution is 2.25. The van der Waals surface area contributed by atoms with Gasteiger partial charge in [0.1, 0.15) is 5.57 Å². The van der Waals surface area contributed by atoms with Crippen LogP contribution < -0.4 is 15.1 Å². The fourth-order valence-electron chi connectivity index (χ4n) is 3.53. The molecule has 0 bridgehead atoms. The smallest absolute Gasteiger partial charge is 0.335 e. The number of morpholine rings is 1. The molecule has 0 spiro atoms. The Hall–Kier alpha value is -3.45. The van der Waals surface area contributed by atoms with Gasteiger partial charge in [0.2, 0.25) is 0 Å². The van der Waals surface area contributed by atoms with Gasteiger partial charge in [-0.05, 0) is 60.9 Å². The molecule has 2 aliphatic heterocycles. The Morgan fingerprint density at radius 1 is 0.900 bits per heavy atom. The maximum Gasteiger partial charge on any atom is 0.335 e. The molecule has 2 aromatic rings. The standard InChI is InChI=1S/C23H23N3O4/c1-15-3-6-19(13-16(15)2)26-22(28)20(21(27)24-23(26)29)14-17-4-7-18(8-5-17)25-9-11-30-12-10-25/h3-8,13-14H,9-12H2,1-2H3,(H,24,27,29)/b20-14+. The minimum Gasteiger partial charge on any atom is -0.378 e. The van der Waals surface area contributed by atoms with Crippen LogP contribution in [0, 0.1) is 13.8 Å². The van der Waals surface area contributed by atoms with E-state index in [1.165, 1.54) is 6.08 Å². The maximum atomic E-state index is 13.0. The molecule has 7 nitrogen and oxygen atoms in total. The van der Waals surface area contributed by atoms with Gasteiger partial charge in [0, 0.05) is 18.8 Å². The highest BCUT2D eigenvalue weighted by molar-refractivity contribution is 6.39. The Bertz CT molecular complexity index is 1040. The fraction of sp³-hybridized carbons (Fsp3) is 0.261. The quantitative estimate of drug-likeness (QED) is 0.628. The van der Waals surface area contributed by atoms with Crippen LogP contribution in [0.3, 0.4) is 0 Å². The molecule has 1 N–H and O–H groups in total. The number of rotatable bonds is 3. The number of nitrogens with one attached hydrogen (secondary N) is 1. The summed E-state index contributed by atoms with van der Waals surface area (Å²) in [5.41, 5.74) is 4.13. The molecule has 2 heterocycles. The number of benzene rings is 2. The molecule has 2 fully saturated rings. The second-order valence-electron chi connectivity index (χ2n) is 7.42. The molecule has 2 aromatic carbocycles. The summed E-state index contributed by atoms with van der Waals surface area (Å²) >= 11 is 0. The van der Waals surface area contributed by atoms with E-state index in [1.807, 2.05) is 44.2 Å². The van der Waals surface area contributed by atoms with Gasteiger partial charge in [-0.1, -0.05) is 18.2 Å². The number of amides is 4. The van der Waals surface area contributed by atoms with Gasteiger partial charge < -0.3 is 9.64 Å². The van der Waals surface area contributed by atoms with Crippen molar-refractivity contribution in [2.75, 3.05) is 36.1 Å². The van der Waals surface area contributed by atoms with Crippen LogP contribution in [-0.4, -0.2) is 44.1 Å². The Morgan fingerprint density at radius 2 is 1.57 bits per heavy atom. The van der Waals surface area contributed by atoms with Gasteiger partial charge in [-0.2, -0.15) is 0 Å². The number of hydrogen-bond donors (Lipinski definition) is 1. The van der Waals surface area contributed by atoms with Crippen LogP contribution in [0.5, 0.6) is 0 Å². The maximum absolute atomic E-state index is 13.0. The molecule has 30 heavy (non-hydrogen) atoms. The normalized spacial score (nSPS) is 18.7. The van der Waals surface area contributed by atoms with Crippen LogP contribution in [0.15, 0.2) is 48.0 Å². The lowest BCUT2D eigenvalue weighted by Gasteiger charge is -2.29. The van der Waals surface area contributed by atoms with Crippen molar-refractivity contribution < 1.29 is 19.1 Å². The second kappa shape index (κ2) is 8.12. The third-order valence-corrected chi connectivity index (χ3v) is 5.43. The topological polar surface area (TPSA) is 79.0 Å². The first kappa shape index (κ1) is 19.8. The summed E-state index contributed by atoms with van der Waals surface area (Å²) in [5.74, 6) is -1.33. The predicted molar refractivity (Wildman–Crippen MR) is 114 cm³/mol. The van der Waals surface area contributed by atoms with E-state index in [0.717, 1.165) is 34.8 Å². The van der Waals surface area contributed by atoms with Gasteiger partial charge in [0.15, 0.2) is 0 Å². The lowest BCUT2D eigenvalue weighted by Crippen LogP contribution is -2.54. The number of hydrogen-bond acceptors (Lipinski definition) is 5. The van der Waals surface area contributed by atoms with Gasteiger partial charge in [0.25, 0.3) is 11.8 Å². The van der Waals surface area contributed by atoms with E-state index in [0.29, 0.717) is 24.5 Å². The molecule has 154 valence electrons. The minimum atomic E-state index is -0.743. The summed E-state index contributed by atoms with van der Waals surface area (Å²) in [4.78, 5) is 41.0. The summed E-state index contributed by atoms with van der Waals surface area (Å²) in [7, 11) is 0. The Morgan fingerprint density at radius 3 is 2.23 bits per heavy atom. The molecule has 0 aromatic heterocycles. The van der Waals surface area contributed by atoms with Crippen molar-refractivity contribution in [1.29, 1.82) is 0 Å². The monoisotopic (exact) mass is 405 g/mol. The van der Waals surface area contributed by atoms with Gasteiger partial charge in [-0.25, -0.2) is 9.69 Å². The van der Waals surface area contributed by atoms with Gasteiger partial charge in [-0.3, -0.25) is 14.9 Å². The first-order valence-electron chi connectivity index (χ1n) is 9.85. The minimum absolute atomic E-state index is 0.0769. The largest absolute Gasteiger partial charge is 0.378 e. The Labute approximate surface area is 174 Å². The molecule has 0 radical (unpaired) electrons. The average molecular weight is 405 g/mol. The van der Waals surface area contributed by atoms with Crippen molar-refractivity contribution >= 4 is 35.3 Å². The number of anilines is 2. The van der Waals surface area contributed by atoms with E-state index in [9.17, 15) is 14.4 Å². The van der Waals surface area contributed by atoms with E-state index in [2.05, 4.69) is 10.2 Å². The van der Waals surface area contributed by atoms with E-state index in [4.69, 9.17) is 4.74 Å². The number of imide groups is 2. The molecule has 0 unspecified atom stereocenters. The molecule has 0 atom stereocenters. The van der Waals surface area contributed by atoms with Crippen LogP contribution in [0.4, 0.5) is 16.2 Å². The molecular weight excluding hydrogens is 382 g/mol. The van der Waals surface area contributed by atoms with Gasteiger partial charge >= 0.3 is 6.03 Å². The number of nitrogens with zero attached hydrogens (tertiary/aromatic N) is 2. The van der Waals surface area contributed by atoms with E-state index in [1.54, 1.807) is 12.1 Å². The van der Waals surface area contributed by atoms with Crippen LogP contribution in [0.1, 0.15) is 16.7 Å². The van der Waals surface area contributed by atoms with Crippen molar-refractivity contribution in [3.63, 3.8) is 0 Å². The van der Waals surface area contributed by atoms with E-state index >= 15 is 0 Å². The summed E-state index contributed by atoms with van der Waals surface area (Å²) in [6.07, 6.45) is 1.52. The lowest BCUT2D eigenvalue weighted by atomic mass is 10.0. The van der Waals surface area contributed by atoms with Gasteiger partial charge in [0.05, 0.1) is 18.9 Å². The number of barbiturate groups is 1. The van der Waals surface area contributed by atoms with Crippen molar-refractivity contribution in [1.82, 2.24) is 5.32 Å². The first-order chi connectivity index (χ1) is 14.4. The molecule has 2 saturated heterocycles. The van der Waals surface area contributed by atoms with Crippen molar-refractivity contribution in [2.24, 2.45) is 0 Å². The van der Waals surface area contributed by atoms with Crippen molar-refractivity contribution in [2.45, 2.75) is 13.8 Å². The van der Waals surface area contributed by atoms with Gasteiger partial charge in [-0.15, -0.1) is 0 Å². The third kappa shape index (κ3) is 3.84. The Kier molecular flexibility index (Phi) is 5.37. The summed E-state index contributed by atoms with van der Waals surface area (Å²) in [6, 6.07) is 12.2. The van der Waals surface area contributed by atoms with E-state index in [-0.39, 0.29) is 5.57 Å². The van der Waals surface area contributed by atoms with Crippen molar-refractivity contribution in [3.05, 3.63) is 64.7 Å². The van der Waals surface area contributed by atoms with Crippen LogP contribution in [0.25, 0.3) is 6.08 Å². The zero-order valence-electron chi connectivity index (χ0n) is 17.0. The molecular formula is C23H23N3O4. The first-order valence-corrected chi connectivity index (χ1v) is 9.85. The van der Waals surface area contributed by atoms with Crippen LogP contribution in [0.2, 0.25) is 0 Å². The van der Waals surface area contributed by atoms with Crippen molar-refractivity contribution in [3.8, 4) is 0 Å². The number of carbonyl (C=O) groups is 3. The predicted octanol–water partition coefficient (Wildman–Crippen LogP) is 2.81. The summed E-state index contributed by atoms with van der Waals surface area (Å²) in [5, 5.41) is 2.26. The highest BCUT2D eigenvalue weighted by Gasteiger charge is 2.36. The SMILES string of the molecule is Cc1ccc(N2C(=O)NC(=O)/C(=C\c3ccc(N4CCOCC4)cc3)C2=O)cc1C. The molecule has 0 aliphatic carbocycles. The number of urea groups is 1. The lowest BCUT2D eigenvalue weighted by molar-refractivity contribution is -0.122. The summed E-state index contributed by atoms with van der Waals surface area (Å²) in [6.45, 7) is 6.91. The number of ether oxygens (including phenoxy) is 1. The third-order valence-electron chi connectivity index (χ3n) is 5.43.